The molecule has 1 aromatic carbocycles. The van der Waals surface area contributed by atoms with Crippen molar-refractivity contribution in [3.8, 4) is 0 Å². The highest BCUT2D eigenvalue weighted by atomic mass is 32.2. The Labute approximate surface area is 109 Å². The highest BCUT2D eigenvalue weighted by Crippen LogP contribution is 2.28. The van der Waals surface area contributed by atoms with Gasteiger partial charge in [0.1, 0.15) is 0 Å². The number of thiazole rings is 1. The molecule has 1 N–H and O–H groups in total. The molecule has 2 aromatic rings. The topological polar surface area (TPSA) is 68.3 Å². The van der Waals surface area contributed by atoms with Crippen LogP contribution in [0.15, 0.2) is 28.6 Å². The van der Waals surface area contributed by atoms with Crippen molar-refractivity contribution in [2.24, 2.45) is 0 Å². The molecule has 18 heavy (non-hydrogen) atoms. The molecule has 0 aliphatic carbocycles. The van der Waals surface area contributed by atoms with E-state index < -0.39 is 15.3 Å². The van der Waals surface area contributed by atoms with Crippen LogP contribution >= 0.6 is 11.3 Å². The molecule has 0 bridgehead atoms. The number of ether oxygens (including phenoxy) is 1. The Hall–Kier alpha value is -1.02. The second-order valence-electron chi connectivity index (χ2n) is 4.00. The first-order valence-electron chi connectivity index (χ1n) is 5.60. The lowest BCUT2D eigenvalue weighted by Crippen LogP contribution is -2.42. The molecule has 1 atom stereocenters. The van der Waals surface area contributed by atoms with Crippen LogP contribution in [0.5, 0.6) is 0 Å². The molecule has 0 spiro atoms. The van der Waals surface area contributed by atoms with Crippen LogP contribution in [0, 0.1) is 0 Å². The van der Waals surface area contributed by atoms with E-state index in [1.807, 2.05) is 24.3 Å². The van der Waals surface area contributed by atoms with Gasteiger partial charge in [-0.25, -0.2) is 13.4 Å². The van der Waals surface area contributed by atoms with Crippen LogP contribution in [0.25, 0.3) is 10.2 Å². The Morgan fingerprint density at radius 2 is 2.22 bits per heavy atom. The molecule has 1 aromatic heterocycles. The zero-order valence-corrected chi connectivity index (χ0v) is 11.1. The van der Waals surface area contributed by atoms with Gasteiger partial charge in [0.2, 0.25) is 14.2 Å². The molecule has 1 fully saturated rings. The van der Waals surface area contributed by atoms with Crippen molar-refractivity contribution in [2.75, 3.05) is 19.7 Å². The van der Waals surface area contributed by atoms with Crippen molar-refractivity contribution in [3.63, 3.8) is 0 Å². The quantitative estimate of drug-likeness (QED) is 0.891. The number of rotatable bonds is 2. The summed E-state index contributed by atoms with van der Waals surface area (Å²) in [7, 11) is -3.50. The number of aromatic nitrogens is 1. The Morgan fingerprint density at radius 3 is 2.94 bits per heavy atom. The van der Waals surface area contributed by atoms with E-state index >= 15 is 0 Å². The molecular formula is C11H12N2O3S2. The first kappa shape index (κ1) is 12.0. The number of fused-ring (bicyclic) bond motifs is 1. The van der Waals surface area contributed by atoms with Crippen LogP contribution in [0.1, 0.15) is 0 Å². The molecule has 0 amide bonds. The fourth-order valence-corrected chi connectivity index (χ4v) is 4.64. The summed E-state index contributed by atoms with van der Waals surface area (Å²) < 4.78 is 31.0. The van der Waals surface area contributed by atoms with E-state index in [9.17, 15) is 8.42 Å². The van der Waals surface area contributed by atoms with Crippen molar-refractivity contribution < 1.29 is 13.2 Å². The molecule has 1 unspecified atom stereocenters. The molecular weight excluding hydrogens is 272 g/mol. The second kappa shape index (κ2) is 4.58. The van der Waals surface area contributed by atoms with E-state index in [-0.39, 0.29) is 4.34 Å². The number of hydrogen-bond donors (Lipinski definition) is 1. The zero-order valence-electron chi connectivity index (χ0n) is 9.50. The zero-order chi connectivity index (χ0) is 12.6. The smallest absolute Gasteiger partial charge is 0.233 e. The molecule has 1 aliphatic rings. The number of hydrogen-bond acceptors (Lipinski definition) is 6. The third-order valence-corrected chi connectivity index (χ3v) is 6.11. The number of morpholine rings is 1. The molecule has 3 rings (SSSR count). The predicted molar refractivity (Wildman–Crippen MR) is 69.4 cm³/mol. The Balaban J connectivity index is 2.01. The van der Waals surface area contributed by atoms with Gasteiger partial charge in [-0.3, -0.25) is 0 Å². The van der Waals surface area contributed by atoms with Gasteiger partial charge in [-0.1, -0.05) is 12.1 Å². The largest absolute Gasteiger partial charge is 0.359 e. The van der Waals surface area contributed by atoms with Crippen molar-refractivity contribution in [1.29, 1.82) is 0 Å². The molecule has 2 heterocycles. The average Bonchev–Trinajstić information content (AvgIpc) is 2.84. The Morgan fingerprint density at radius 1 is 1.39 bits per heavy atom. The highest BCUT2D eigenvalue weighted by molar-refractivity contribution is 7.94. The second-order valence-corrected chi connectivity index (χ2v) is 7.29. The monoisotopic (exact) mass is 284 g/mol. The first-order chi connectivity index (χ1) is 8.68. The van der Waals surface area contributed by atoms with Gasteiger partial charge in [-0.2, -0.15) is 0 Å². The fourth-order valence-electron chi connectivity index (χ4n) is 1.83. The first-order valence-corrected chi connectivity index (χ1v) is 7.96. The van der Waals surface area contributed by atoms with Crippen LogP contribution in [0.4, 0.5) is 0 Å². The van der Waals surface area contributed by atoms with Gasteiger partial charge in [0.15, 0.2) is 5.44 Å². The van der Waals surface area contributed by atoms with Gasteiger partial charge in [-0.15, -0.1) is 11.3 Å². The summed E-state index contributed by atoms with van der Waals surface area (Å²) in [6.45, 7) is 1.42. The number of benzene rings is 1. The number of para-hydroxylation sites is 1. The minimum absolute atomic E-state index is 0.136. The average molecular weight is 284 g/mol. The van der Waals surface area contributed by atoms with Crippen molar-refractivity contribution in [3.05, 3.63) is 24.3 Å². The van der Waals surface area contributed by atoms with Crippen LogP contribution in [-0.2, 0) is 14.6 Å². The Bertz CT molecular complexity index is 627. The molecule has 1 saturated heterocycles. The van der Waals surface area contributed by atoms with E-state index in [2.05, 4.69) is 10.3 Å². The van der Waals surface area contributed by atoms with E-state index in [4.69, 9.17) is 4.74 Å². The molecule has 0 radical (unpaired) electrons. The standard InChI is InChI=1S/C11H12N2O3S2/c14-18(15,10-7-12-5-6-16-10)11-13-8-3-1-2-4-9(8)17-11/h1-4,10,12H,5-7H2. The van der Waals surface area contributed by atoms with E-state index in [1.54, 1.807) is 0 Å². The van der Waals surface area contributed by atoms with Gasteiger partial charge >= 0.3 is 0 Å². The summed E-state index contributed by atoms with van der Waals surface area (Å²) in [5.74, 6) is 0. The van der Waals surface area contributed by atoms with E-state index in [1.165, 1.54) is 11.3 Å². The fraction of sp³-hybridized carbons (Fsp3) is 0.364. The molecule has 5 nitrogen and oxygen atoms in total. The maximum Gasteiger partial charge on any atom is 0.233 e. The Kier molecular flexibility index (Phi) is 3.06. The number of nitrogens with one attached hydrogen (secondary N) is 1. The molecule has 0 saturated carbocycles. The van der Waals surface area contributed by atoms with Crippen LogP contribution in [0.2, 0.25) is 0 Å². The van der Waals surface area contributed by atoms with Crippen LogP contribution in [0.3, 0.4) is 0 Å². The van der Waals surface area contributed by atoms with Crippen molar-refractivity contribution in [1.82, 2.24) is 10.3 Å². The van der Waals surface area contributed by atoms with Crippen LogP contribution < -0.4 is 5.32 Å². The van der Waals surface area contributed by atoms with E-state index in [0.717, 1.165) is 4.70 Å². The summed E-state index contributed by atoms with van der Waals surface area (Å²) >= 11 is 1.19. The molecule has 96 valence electrons. The van der Waals surface area contributed by atoms with Gasteiger partial charge in [0.25, 0.3) is 0 Å². The van der Waals surface area contributed by atoms with Crippen molar-refractivity contribution in [2.45, 2.75) is 9.78 Å². The third kappa shape index (κ3) is 2.03. The normalized spacial score (nSPS) is 21.2. The number of nitrogens with zero attached hydrogens (tertiary/aromatic N) is 1. The van der Waals surface area contributed by atoms with Crippen molar-refractivity contribution >= 4 is 31.4 Å². The lowest BCUT2D eigenvalue weighted by molar-refractivity contribution is 0.0785. The van der Waals surface area contributed by atoms with E-state index in [0.29, 0.717) is 25.2 Å². The lowest BCUT2D eigenvalue weighted by atomic mass is 10.3. The summed E-state index contributed by atoms with van der Waals surface area (Å²) in [6.07, 6.45) is 0. The SMILES string of the molecule is O=S(=O)(c1nc2ccccc2s1)C1CNCCO1. The van der Waals surface area contributed by atoms with Gasteiger partial charge in [-0.05, 0) is 12.1 Å². The molecule has 7 heteroatoms. The minimum atomic E-state index is -3.50. The minimum Gasteiger partial charge on any atom is -0.359 e. The summed E-state index contributed by atoms with van der Waals surface area (Å²) in [5, 5.41) is 3.02. The van der Waals surface area contributed by atoms with Gasteiger partial charge in [0.05, 0.1) is 16.8 Å². The summed E-state index contributed by atoms with van der Waals surface area (Å²) in [4.78, 5) is 4.18. The lowest BCUT2D eigenvalue weighted by Gasteiger charge is -2.22. The maximum absolute atomic E-state index is 12.3. The number of sulfone groups is 1. The highest BCUT2D eigenvalue weighted by Gasteiger charge is 2.32. The molecule has 1 aliphatic heterocycles. The summed E-state index contributed by atoms with van der Waals surface area (Å²) in [6, 6.07) is 7.39. The third-order valence-electron chi connectivity index (χ3n) is 2.76. The predicted octanol–water partition coefficient (Wildman–Crippen LogP) is 1.02. The van der Waals surface area contributed by atoms with Gasteiger partial charge in [0, 0.05) is 13.1 Å². The van der Waals surface area contributed by atoms with Crippen LogP contribution in [-0.4, -0.2) is 38.5 Å². The summed E-state index contributed by atoms with van der Waals surface area (Å²) in [5.41, 5.74) is -0.114. The van der Waals surface area contributed by atoms with Gasteiger partial charge < -0.3 is 10.1 Å². The maximum atomic E-state index is 12.3.